The fourth-order valence-corrected chi connectivity index (χ4v) is 4.07. The first-order valence-electron chi connectivity index (χ1n) is 6.15. The number of hydrogen-bond acceptors (Lipinski definition) is 1. The van der Waals surface area contributed by atoms with E-state index in [0.717, 1.165) is 16.9 Å². The Kier molecular flexibility index (Phi) is 3.89. The van der Waals surface area contributed by atoms with Crippen molar-refractivity contribution in [2.45, 2.75) is 68.3 Å². The lowest BCUT2D eigenvalue weighted by molar-refractivity contribution is 0.146. The van der Waals surface area contributed by atoms with Crippen molar-refractivity contribution in [2.75, 3.05) is 7.05 Å². The van der Waals surface area contributed by atoms with Crippen molar-refractivity contribution in [3.05, 3.63) is 0 Å². The molecule has 0 bridgehead atoms. The maximum Gasteiger partial charge on any atom is 0.0301 e. The van der Waals surface area contributed by atoms with Gasteiger partial charge in [0, 0.05) is 16.9 Å². The van der Waals surface area contributed by atoms with Crippen molar-refractivity contribution in [2.24, 2.45) is 0 Å². The molecule has 0 aromatic rings. The molecular weight excluding hydrogens is 238 g/mol. The van der Waals surface area contributed by atoms with E-state index in [1.807, 2.05) is 0 Å². The van der Waals surface area contributed by atoms with Crippen LogP contribution in [-0.4, -0.2) is 28.9 Å². The number of hydrogen-bond donors (Lipinski definition) is 0. The SMILES string of the molecule is CN(C1CCCC1)C1CCCCC1Br. The maximum absolute atomic E-state index is 3.86. The van der Waals surface area contributed by atoms with Gasteiger partial charge in [-0.15, -0.1) is 0 Å². The van der Waals surface area contributed by atoms with Crippen LogP contribution in [0, 0.1) is 0 Å². The highest BCUT2D eigenvalue weighted by Gasteiger charge is 2.31. The van der Waals surface area contributed by atoms with Gasteiger partial charge in [-0.1, -0.05) is 41.6 Å². The van der Waals surface area contributed by atoms with Crippen molar-refractivity contribution in [3.8, 4) is 0 Å². The van der Waals surface area contributed by atoms with Crippen LogP contribution in [0.5, 0.6) is 0 Å². The zero-order chi connectivity index (χ0) is 9.97. The normalized spacial score (nSPS) is 35.4. The molecule has 0 radical (unpaired) electrons. The largest absolute Gasteiger partial charge is 0.299 e. The van der Waals surface area contributed by atoms with Gasteiger partial charge in [0.1, 0.15) is 0 Å². The van der Waals surface area contributed by atoms with Gasteiger partial charge in [0.2, 0.25) is 0 Å². The second-order valence-electron chi connectivity index (χ2n) is 4.97. The molecular formula is C12H22BrN. The summed E-state index contributed by atoms with van der Waals surface area (Å²) in [7, 11) is 2.35. The summed E-state index contributed by atoms with van der Waals surface area (Å²) in [4.78, 5) is 3.42. The fraction of sp³-hybridized carbons (Fsp3) is 1.00. The second-order valence-corrected chi connectivity index (χ2v) is 6.15. The van der Waals surface area contributed by atoms with E-state index in [-0.39, 0.29) is 0 Å². The standard InChI is InChI=1S/C12H22BrN/c1-14(10-6-2-3-7-10)12-9-5-4-8-11(12)13/h10-12H,2-9H2,1H3. The van der Waals surface area contributed by atoms with E-state index in [0.29, 0.717) is 0 Å². The molecule has 2 rings (SSSR count). The van der Waals surface area contributed by atoms with Crippen molar-refractivity contribution in [1.29, 1.82) is 0 Å². The van der Waals surface area contributed by atoms with Gasteiger partial charge in [-0.05, 0) is 32.7 Å². The van der Waals surface area contributed by atoms with Crippen molar-refractivity contribution >= 4 is 15.9 Å². The van der Waals surface area contributed by atoms with Crippen LogP contribution >= 0.6 is 15.9 Å². The molecule has 82 valence electrons. The molecule has 2 aliphatic carbocycles. The smallest absolute Gasteiger partial charge is 0.0301 e. The summed E-state index contributed by atoms with van der Waals surface area (Å²) in [5.41, 5.74) is 0. The van der Waals surface area contributed by atoms with E-state index < -0.39 is 0 Å². The van der Waals surface area contributed by atoms with Gasteiger partial charge in [-0.2, -0.15) is 0 Å². The molecule has 2 saturated carbocycles. The molecule has 0 aromatic heterocycles. The second kappa shape index (κ2) is 4.98. The van der Waals surface area contributed by atoms with E-state index in [1.165, 1.54) is 51.4 Å². The Morgan fingerprint density at radius 3 is 2.14 bits per heavy atom. The lowest BCUT2D eigenvalue weighted by Crippen LogP contribution is -2.45. The van der Waals surface area contributed by atoms with E-state index in [1.54, 1.807) is 0 Å². The Balaban J connectivity index is 1.91. The van der Waals surface area contributed by atoms with Crippen LogP contribution in [0.3, 0.4) is 0 Å². The molecule has 0 amide bonds. The molecule has 0 heterocycles. The van der Waals surface area contributed by atoms with Gasteiger partial charge >= 0.3 is 0 Å². The van der Waals surface area contributed by atoms with Crippen LogP contribution in [0.1, 0.15) is 51.4 Å². The molecule has 0 aromatic carbocycles. The molecule has 2 unspecified atom stereocenters. The zero-order valence-electron chi connectivity index (χ0n) is 9.21. The average molecular weight is 260 g/mol. The quantitative estimate of drug-likeness (QED) is 0.686. The lowest BCUT2D eigenvalue weighted by atomic mass is 9.93. The minimum atomic E-state index is 0.752. The first-order valence-corrected chi connectivity index (χ1v) is 7.06. The Bertz CT molecular complexity index is 177. The number of halogens is 1. The molecule has 2 fully saturated rings. The first kappa shape index (κ1) is 10.9. The van der Waals surface area contributed by atoms with Crippen molar-refractivity contribution in [1.82, 2.24) is 4.90 Å². The van der Waals surface area contributed by atoms with Crippen LogP contribution in [0.4, 0.5) is 0 Å². The van der Waals surface area contributed by atoms with Crippen LogP contribution in [0.2, 0.25) is 0 Å². The predicted molar refractivity (Wildman–Crippen MR) is 65.0 cm³/mol. The summed E-state index contributed by atoms with van der Waals surface area (Å²) in [5.74, 6) is 0. The highest BCUT2D eigenvalue weighted by atomic mass is 79.9. The summed E-state index contributed by atoms with van der Waals surface area (Å²) in [6, 6.07) is 1.70. The van der Waals surface area contributed by atoms with E-state index in [4.69, 9.17) is 0 Å². The first-order chi connectivity index (χ1) is 6.79. The van der Waals surface area contributed by atoms with Crippen LogP contribution < -0.4 is 0 Å². The molecule has 14 heavy (non-hydrogen) atoms. The molecule has 1 nitrogen and oxygen atoms in total. The number of nitrogens with zero attached hydrogens (tertiary/aromatic N) is 1. The third-order valence-electron chi connectivity index (χ3n) is 4.07. The molecule has 2 aliphatic rings. The van der Waals surface area contributed by atoms with Crippen molar-refractivity contribution in [3.63, 3.8) is 0 Å². The maximum atomic E-state index is 3.86. The van der Waals surface area contributed by atoms with E-state index in [2.05, 4.69) is 27.9 Å². The molecule has 0 N–H and O–H groups in total. The van der Waals surface area contributed by atoms with Gasteiger partial charge in [-0.3, -0.25) is 4.90 Å². The fourth-order valence-electron chi connectivity index (χ4n) is 3.11. The molecule has 2 heteroatoms. The third kappa shape index (κ3) is 2.33. The number of alkyl halides is 1. The van der Waals surface area contributed by atoms with E-state index in [9.17, 15) is 0 Å². The van der Waals surface area contributed by atoms with Gasteiger partial charge in [-0.25, -0.2) is 0 Å². The Morgan fingerprint density at radius 1 is 0.929 bits per heavy atom. The van der Waals surface area contributed by atoms with Gasteiger partial charge in [0.25, 0.3) is 0 Å². The third-order valence-corrected chi connectivity index (χ3v) is 5.14. The summed E-state index contributed by atoms with van der Waals surface area (Å²) in [6.07, 6.45) is 11.4. The van der Waals surface area contributed by atoms with Crippen LogP contribution in [0.15, 0.2) is 0 Å². The molecule has 2 atom stereocenters. The van der Waals surface area contributed by atoms with E-state index >= 15 is 0 Å². The Hall–Kier alpha value is 0.440. The van der Waals surface area contributed by atoms with Gasteiger partial charge in [0.05, 0.1) is 0 Å². The van der Waals surface area contributed by atoms with Gasteiger partial charge < -0.3 is 0 Å². The summed E-state index contributed by atoms with van der Waals surface area (Å²) >= 11 is 3.86. The summed E-state index contributed by atoms with van der Waals surface area (Å²) in [6.45, 7) is 0. The average Bonchev–Trinajstić information content (AvgIpc) is 2.70. The van der Waals surface area contributed by atoms with Crippen LogP contribution in [-0.2, 0) is 0 Å². The highest BCUT2D eigenvalue weighted by Crippen LogP contribution is 2.32. The Morgan fingerprint density at radius 2 is 1.50 bits per heavy atom. The molecule has 0 saturated heterocycles. The monoisotopic (exact) mass is 259 g/mol. The minimum Gasteiger partial charge on any atom is -0.299 e. The highest BCUT2D eigenvalue weighted by molar-refractivity contribution is 9.09. The van der Waals surface area contributed by atoms with Gasteiger partial charge in [0.15, 0.2) is 0 Å². The molecule has 0 spiro atoms. The molecule has 0 aliphatic heterocycles. The predicted octanol–water partition coefficient (Wildman–Crippen LogP) is 3.57. The summed E-state index contributed by atoms with van der Waals surface area (Å²) < 4.78 is 0. The minimum absolute atomic E-state index is 0.752. The summed E-state index contributed by atoms with van der Waals surface area (Å²) in [5, 5.41) is 0. The lowest BCUT2D eigenvalue weighted by Gasteiger charge is -2.38. The van der Waals surface area contributed by atoms with Crippen LogP contribution in [0.25, 0.3) is 0 Å². The Labute approximate surface area is 96.4 Å². The van der Waals surface area contributed by atoms with Crippen molar-refractivity contribution < 1.29 is 0 Å². The topological polar surface area (TPSA) is 3.24 Å². The zero-order valence-corrected chi connectivity index (χ0v) is 10.8. The number of rotatable bonds is 2.